The number of nitrogens with zero attached hydrogens (tertiary/aromatic N) is 7. The maximum Gasteiger partial charge on any atom is 0.416 e. The maximum absolute atomic E-state index is 13.7. The standard InChI is InChI=1S/C29H33BClF6N7O/c1-3-21-11-22(16-43(21)25-24(31)14-40-27(41-25)42-6-4-23(45)5-7-42)44(26-38-12-20(30-2)13-39-26)15-17-8-18(28(32,33)34)10-19(9-17)29(35,36)37/h8-10,12-14,21-23,30,45H,3-7,11,15-16H2,1-2H3/t21-,22+/m1/s1. The van der Waals surface area contributed by atoms with E-state index in [2.05, 4.69) is 15.0 Å². The van der Waals surface area contributed by atoms with Crippen LogP contribution >= 0.6 is 11.6 Å². The second-order valence-electron chi connectivity index (χ2n) is 11.5. The molecular weight excluding hydrogens is 623 g/mol. The third-order valence-corrected chi connectivity index (χ3v) is 8.66. The number of benzene rings is 1. The molecule has 2 saturated heterocycles. The normalized spacial score (nSPS) is 19.7. The van der Waals surface area contributed by atoms with Gasteiger partial charge in [-0.1, -0.05) is 25.3 Å². The van der Waals surface area contributed by atoms with Crippen LogP contribution in [0.4, 0.5) is 44.1 Å². The second-order valence-corrected chi connectivity index (χ2v) is 11.9. The highest BCUT2D eigenvalue weighted by Crippen LogP contribution is 2.39. The van der Waals surface area contributed by atoms with Gasteiger partial charge in [0.05, 0.1) is 29.5 Å². The lowest BCUT2D eigenvalue weighted by atomic mass is 9.75. The molecule has 4 heterocycles. The van der Waals surface area contributed by atoms with Crippen LogP contribution in [-0.4, -0.2) is 70.1 Å². The molecule has 45 heavy (non-hydrogen) atoms. The van der Waals surface area contributed by atoms with Gasteiger partial charge in [-0.15, -0.1) is 0 Å². The Labute approximate surface area is 262 Å². The van der Waals surface area contributed by atoms with Gasteiger partial charge >= 0.3 is 12.4 Å². The molecule has 3 aromatic rings. The number of anilines is 3. The van der Waals surface area contributed by atoms with E-state index in [0.717, 1.165) is 17.6 Å². The lowest BCUT2D eigenvalue weighted by Gasteiger charge is -2.32. The first-order valence-electron chi connectivity index (χ1n) is 14.8. The van der Waals surface area contributed by atoms with Crippen molar-refractivity contribution in [2.24, 2.45) is 0 Å². The van der Waals surface area contributed by atoms with Crippen LogP contribution in [0.3, 0.4) is 0 Å². The van der Waals surface area contributed by atoms with E-state index in [9.17, 15) is 31.4 Å². The van der Waals surface area contributed by atoms with Crippen molar-refractivity contribution < 1.29 is 31.4 Å². The summed E-state index contributed by atoms with van der Waals surface area (Å²) < 4.78 is 82.1. The molecule has 2 atom stereocenters. The largest absolute Gasteiger partial charge is 0.416 e. The minimum absolute atomic E-state index is 0.0944. The summed E-state index contributed by atoms with van der Waals surface area (Å²) in [5.41, 5.74) is -2.08. The van der Waals surface area contributed by atoms with Crippen molar-refractivity contribution in [3.63, 3.8) is 0 Å². The molecule has 0 aliphatic carbocycles. The summed E-state index contributed by atoms with van der Waals surface area (Å²) in [4.78, 5) is 23.7. The van der Waals surface area contributed by atoms with Gasteiger partial charge in [-0.25, -0.2) is 15.0 Å². The quantitative estimate of drug-likeness (QED) is 0.266. The number of aliphatic hydroxyl groups excluding tert-OH is 1. The molecule has 2 fully saturated rings. The predicted molar refractivity (Wildman–Crippen MR) is 162 cm³/mol. The Morgan fingerprint density at radius 3 is 2.16 bits per heavy atom. The fourth-order valence-corrected chi connectivity index (χ4v) is 6.08. The van der Waals surface area contributed by atoms with Crippen LogP contribution in [0.1, 0.15) is 49.3 Å². The van der Waals surface area contributed by atoms with Gasteiger partial charge in [0.15, 0.2) is 13.1 Å². The number of halogens is 7. The van der Waals surface area contributed by atoms with Gasteiger partial charge in [-0.2, -0.15) is 31.3 Å². The minimum atomic E-state index is -4.97. The Morgan fingerprint density at radius 2 is 1.60 bits per heavy atom. The van der Waals surface area contributed by atoms with E-state index in [1.807, 2.05) is 23.5 Å². The Bertz CT molecular complexity index is 1440. The van der Waals surface area contributed by atoms with Crippen molar-refractivity contribution in [3.05, 3.63) is 58.5 Å². The van der Waals surface area contributed by atoms with E-state index in [0.29, 0.717) is 69.4 Å². The van der Waals surface area contributed by atoms with E-state index >= 15 is 0 Å². The summed E-state index contributed by atoms with van der Waals surface area (Å²) >= 11 is 6.61. The van der Waals surface area contributed by atoms with E-state index in [1.165, 1.54) is 6.20 Å². The molecule has 0 saturated carbocycles. The fourth-order valence-electron chi connectivity index (χ4n) is 5.88. The Hall–Kier alpha value is -3.33. The highest BCUT2D eigenvalue weighted by atomic mass is 35.5. The maximum atomic E-state index is 13.7. The Morgan fingerprint density at radius 1 is 0.978 bits per heavy atom. The summed E-state index contributed by atoms with van der Waals surface area (Å²) in [6.07, 6.45) is -3.22. The monoisotopic (exact) mass is 655 g/mol. The lowest BCUT2D eigenvalue weighted by Crippen LogP contribution is -2.39. The second kappa shape index (κ2) is 13.2. The molecule has 16 heteroatoms. The molecule has 1 aromatic carbocycles. The topological polar surface area (TPSA) is 81.5 Å². The zero-order valence-electron chi connectivity index (χ0n) is 24.8. The predicted octanol–water partition coefficient (Wildman–Crippen LogP) is 5.09. The molecular formula is C29H33BClF6N7O. The highest BCUT2D eigenvalue weighted by Gasteiger charge is 2.40. The van der Waals surface area contributed by atoms with Gasteiger partial charge in [0.1, 0.15) is 5.02 Å². The summed E-state index contributed by atoms with van der Waals surface area (Å²) in [5.74, 6) is 1.16. The first-order valence-corrected chi connectivity index (χ1v) is 15.2. The first kappa shape index (κ1) is 33.1. The smallest absolute Gasteiger partial charge is 0.393 e. The lowest BCUT2D eigenvalue weighted by molar-refractivity contribution is -0.143. The van der Waals surface area contributed by atoms with Crippen LogP contribution in [0.25, 0.3) is 0 Å². The number of hydrogen-bond donors (Lipinski definition) is 1. The number of aromatic nitrogens is 4. The van der Waals surface area contributed by atoms with Crippen molar-refractivity contribution in [1.29, 1.82) is 0 Å². The summed E-state index contributed by atoms with van der Waals surface area (Å²) in [6.45, 7) is 5.10. The zero-order chi connectivity index (χ0) is 32.5. The molecule has 2 aliphatic rings. The average Bonchev–Trinajstić information content (AvgIpc) is 3.43. The van der Waals surface area contributed by atoms with Crippen LogP contribution in [0.2, 0.25) is 11.8 Å². The number of alkyl halides is 6. The molecule has 2 aromatic heterocycles. The number of hydrogen-bond acceptors (Lipinski definition) is 8. The number of piperidine rings is 1. The molecule has 0 unspecified atom stereocenters. The van der Waals surface area contributed by atoms with Crippen molar-refractivity contribution in [3.8, 4) is 0 Å². The third-order valence-electron chi connectivity index (χ3n) is 8.39. The molecule has 2 aliphatic heterocycles. The Balaban J connectivity index is 1.50. The van der Waals surface area contributed by atoms with Crippen molar-refractivity contribution in [2.75, 3.05) is 34.3 Å². The molecule has 0 radical (unpaired) electrons. The molecule has 8 nitrogen and oxygen atoms in total. The van der Waals surface area contributed by atoms with Crippen LogP contribution in [-0.2, 0) is 18.9 Å². The number of rotatable bonds is 8. The van der Waals surface area contributed by atoms with Crippen LogP contribution in [0.5, 0.6) is 0 Å². The van der Waals surface area contributed by atoms with Crippen molar-refractivity contribution in [2.45, 2.75) is 76.5 Å². The molecule has 0 spiro atoms. The first-order chi connectivity index (χ1) is 21.3. The van der Waals surface area contributed by atoms with Crippen molar-refractivity contribution in [1.82, 2.24) is 19.9 Å². The molecule has 1 N–H and O–H groups in total. The van der Waals surface area contributed by atoms with E-state index < -0.39 is 29.5 Å². The van der Waals surface area contributed by atoms with Gasteiger partial charge < -0.3 is 19.8 Å². The van der Waals surface area contributed by atoms with Crippen LogP contribution in [0.15, 0.2) is 36.8 Å². The molecule has 242 valence electrons. The number of aliphatic hydroxyl groups is 1. The van der Waals surface area contributed by atoms with Crippen LogP contribution < -0.4 is 20.2 Å². The van der Waals surface area contributed by atoms with Gasteiger partial charge in [0.2, 0.25) is 11.9 Å². The SMILES string of the molecule is CBc1cnc(N(Cc2cc(C(F)(F)F)cc(C(F)(F)F)c2)[C@H]2C[C@@H](CC)N(c3nc(N4CCC(O)CC4)ncc3Cl)C2)nc1. The summed E-state index contributed by atoms with van der Waals surface area (Å²) in [7, 11) is 0.655. The van der Waals surface area contributed by atoms with Gasteiger partial charge in [0.25, 0.3) is 0 Å². The zero-order valence-corrected chi connectivity index (χ0v) is 25.5. The van der Waals surface area contributed by atoms with Crippen molar-refractivity contribution >= 4 is 42.1 Å². The van der Waals surface area contributed by atoms with Gasteiger partial charge in [-0.05, 0) is 54.9 Å². The third kappa shape index (κ3) is 7.57. The average molecular weight is 656 g/mol. The Kier molecular flexibility index (Phi) is 9.69. The molecule has 5 rings (SSSR count). The minimum Gasteiger partial charge on any atom is -0.393 e. The van der Waals surface area contributed by atoms with E-state index in [1.54, 1.807) is 17.3 Å². The summed E-state index contributed by atoms with van der Waals surface area (Å²) in [5, 5.41) is 10.2. The van der Waals surface area contributed by atoms with Gasteiger partial charge in [0, 0.05) is 44.6 Å². The van der Waals surface area contributed by atoms with E-state index in [-0.39, 0.29) is 36.3 Å². The van der Waals surface area contributed by atoms with Crippen LogP contribution in [0, 0.1) is 0 Å². The fraction of sp³-hybridized carbons (Fsp3) is 0.517. The van der Waals surface area contributed by atoms with Gasteiger partial charge in [-0.3, -0.25) is 0 Å². The summed E-state index contributed by atoms with van der Waals surface area (Å²) in [6, 6.07) is 1.13. The molecule has 0 bridgehead atoms. The highest BCUT2D eigenvalue weighted by molar-refractivity contribution is 6.51. The van der Waals surface area contributed by atoms with E-state index in [4.69, 9.17) is 16.6 Å². The molecule has 0 amide bonds.